The van der Waals surface area contributed by atoms with Crippen molar-refractivity contribution in [2.24, 2.45) is 0 Å². The Morgan fingerprint density at radius 1 is 1.09 bits per heavy atom. The van der Waals surface area contributed by atoms with Gasteiger partial charge in [-0.3, -0.25) is 4.79 Å². The summed E-state index contributed by atoms with van der Waals surface area (Å²) in [6.45, 7) is 0.544. The quantitative estimate of drug-likeness (QED) is 0.736. The molecule has 0 saturated heterocycles. The zero-order chi connectivity index (χ0) is 16.1. The van der Waals surface area contributed by atoms with Gasteiger partial charge in [0.25, 0.3) is 5.91 Å². The second kappa shape index (κ2) is 7.24. The molecule has 4 nitrogen and oxygen atoms in total. The highest BCUT2D eigenvalue weighted by atomic mass is 79.9. The highest BCUT2D eigenvalue weighted by Crippen LogP contribution is 2.19. The minimum atomic E-state index is -0.231. The van der Waals surface area contributed by atoms with Crippen LogP contribution in [0.3, 0.4) is 0 Å². The highest BCUT2D eigenvalue weighted by Gasteiger charge is 2.13. The van der Waals surface area contributed by atoms with Gasteiger partial charge in [-0.1, -0.05) is 63.6 Å². The van der Waals surface area contributed by atoms with Crippen LogP contribution in [0.2, 0.25) is 0 Å². The molecule has 1 aromatic heterocycles. The van der Waals surface area contributed by atoms with Gasteiger partial charge in [-0.05, 0) is 24.1 Å². The van der Waals surface area contributed by atoms with E-state index in [1.165, 1.54) is 0 Å². The Hall–Kier alpha value is -2.40. The largest absolute Gasteiger partial charge is 0.355 e. The molecule has 3 aromatic rings. The van der Waals surface area contributed by atoms with Gasteiger partial charge in [0, 0.05) is 22.6 Å². The first-order chi connectivity index (χ1) is 11.2. The highest BCUT2D eigenvalue weighted by molar-refractivity contribution is 9.10. The lowest BCUT2D eigenvalue weighted by atomic mass is 10.1. The number of rotatable bonds is 5. The topological polar surface area (TPSA) is 55.1 Å². The van der Waals surface area contributed by atoms with Crippen LogP contribution >= 0.6 is 15.9 Å². The van der Waals surface area contributed by atoms with Crippen LogP contribution in [0.5, 0.6) is 0 Å². The van der Waals surface area contributed by atoms with Crippen LogP contribution in [-0.2, 0) is 6.42 Å². The molecule has 0 saturated carbocycles. The molecule has 0 aliphatic heterocycles. The standard InChI is InChI=1S/C18H15BrN2O2/c19-15-8-4-5-13(11-15)9-10-20-18(22)16-12-17(23-21-16)14-6-2-1-3-7-14/h1-8,11-12H,9-10H2,(H,20,22). The molecule has 0 radical (unpaired) electrons. The molecule has 1 amide bonds. The summed E-state index contributed by atoms with van der Waals surface area (Å²) in [5.74, 6) is 0.355. The lowest BCUT2D eigenvalue weighted by Crippen LogP contribution is -2.25. The maximum absolute atomic E-state index is 12.1. The predicted molar refractivity (Wildman–Crippen MR) is 92.1 cm³/mol. The van der Waals surface area contributed by atoms with Crippen LogP contribution in [-0.4, -0.2) is 17.6 Å². The molecule has 0 bridgehead atoms. The molecule has 0 spiro atoms. The Bertz CT molecular complexity index is 800. The zero-order valence-corrected chi connectivity index (χ0v) is 13.9. The van der Waals surface area contributed by atoms with E-state index in [4.69, 9.17) is 4.52 Å². The number of hydrogen-bond acceptors (Lipinski definition) is 3. The lowest BCUT2D eigenvalue weighted by Gasteiger charge is -2.03. The number of aromatic nitrogens is 1. The number of benzene rings is 2. The second-order valence-electron chi connectivity index (χ2n) is 5.08. The van der Waals surface area contributed by atoms with E-state index in [2.05, 4.69) is 26.4 Å². The summed E-state index contributed by atoms with van der Waals surface area (Å²) in [5.41, 5.74) is 2.34. The van der Waals surface area contributed by atoms with Gasteiger partial charge < -0.3 is 9.84 Å². The average Bonchev–Trinajstić information content (AvgIpc) is 3.06. The second-order valence-corrected chi connectivity index (χ2v) is 5.99. The lowest BCUT2D eigenvalue weighted by molar-refractivity contribution is 0.0945. The van der Waals surface area contributed by atoms with Gasteiger partial charge in [0.1, 0.15) is 0 Å². The molecule has 1 heterocycles. The van der Waals surface area contributed by atoms with Crippen molar-refractivity contribution in [3.63, 3.8) is 0 Å². The number of halogens is 1. The summed E-state index contributed by atoms with van der Waals surface area (Å²) in [7, 11) is 0. The fourth-order valence-electron chi connectivity index (χ4n) is 2.22. The van der Waals surface area contributed by atoms with Crippen LogP contribution in [0.15, 0.2) is 69.7 Å². The minimum Gasteiger partial charge on any atom is -0.355 e. The van der Waals surface area contributed by atoms with Crippen molar-refractivity contribution >= 4 is 21.8 Å². The SMILES string of the molecule is O=C(NCCc1cccc(Br)c1)c1cc(-c2ccccc2)on1. The van der Waals surface area contributed by atoms with Gasteiger partial charge in [-0.15, -0.1) is 0 Å². The summed E-state index contributed by atoms with van der Waals surface area (Å²) >= 11 is 3.43. The third-order valence-corrected chi connectivity index (χ3v) is 3.88. The number of nitrogens with zero attached hydrogens (tertiary/aromatic N) is 1. The van der Waals surface area contributed by atoms with Crippen molar-refractivity contribution in [2.45, 2.75) is 6.42 Å². The van der Waals surface area contributed by atoms with Crippen molar-refractivity contribution in [1.82, 2.24) is 10.5 Å². The molecule has 5 heteroatoms. The van der Waals surface area contributed by atoms with E-state index in [1.807, 2.05) is 54.6 Å². The maximum Gasteiger partial charge on any atom is 0.273 e. The number of hydrogen-bond donors (Lipinski definition) is 1. The summed E-state index contributed by atoms with van der Waals surface area (Å²) in [4.78, 5) is 12.1. The first-order valence-electron chi connectivity index (χ1n) is 7.27. The fourth-order valence-corrected chi connectivity index (χ4v) is 2.67. The Morgan fingerprint density at radius 2 is 1.91 bits per heavy atom. The Morgan fingerprint density at radius 3 is 2.70 bits per heavy atom. The number of amides is 1. The van der Waals surface area contributed by atoms with E-state index in [0.717, 1.165) is 22.0 Å². The van der Waals surface area contributed by atoms with Gasteiger partial charge in [-0.25, -0.2) is 0 Å². The molecule has 1 N–H and O–H groups in total. The van der Waals surface area contributed by atoms with Gasteiger partial charge in [0.2, 0.25) is 0 Å². The van der Waals surface area contributed by atoms with E-state index >= 15 is 0 Å². The Kier molecular flexibility index (Phi) is 4.88. The minimum absolute atomic E-state index is 0.231. The fraction of sp³-hybridized carbons (Fsp3) is 0.111. The number of carbonyl (C=O) groups excluding carboxylic acids is 1. The summed E-state index contributed by atoms with van der Waals surface area (Å²) in [6, 6.07) is 19.2. The molecule has 0 fully saturated rings. The van der Waals surface area contributed by atoms with Crippen molar-refractivity contribution < 1.29 is 9.32 Å². The first kappa shape index (κ1) is 15.5. The summed E-state index contributed by atoms with van der Waals surface area (Å²) in [6.07, 6.45) is 0.759. The molecule has 0 aliphatic carbocycles. The smallest absolute Gasteiger partial charge is 0.273 e. The van der Waals surface area contributed by atoms with E-state index in [-0.39, 0.29) is 11.6 Å². The predicted octanol–water partition coefficient (Wildman–Crippen LogP) is 4.08. The molecule has 2 aromatic carbocycles. The van der Waals surface area contributed by atoms with Crippen LogP contribution in [0.4, 0.5) is 0 Å². The van der Waals surface area contributed by atoms with E-state index in [9.17, 15) is 4.79 Å². The van der Waals surface area contributed by atoms with E-state index < -0.39 is 0 Å². The molecule has 23 heavy (non-hydrogen) atoms. The van der Waals surface area contributed by atoms with Gasteiger partial charge in [0.05, 0.1) is 0 Å². The van der Waals surface area contributed by atoms with Crippen molar-refractivity contribution in [3.05, 3.63) is 76.4 Å². The molecule has 0 atom stereocenters. The Balaban J connectivity index is 1.58. The van der Waals surface area contributed by atoms with Crippen LogP contribution in [0.1, 0.15) is 16.1 Å². The summed E-state index contributed by atoms with van der Waals surface area (Å²) in [5, 5.41) is 6.69. The van der Waals surface area contributed by atoms with E-state index in [1.54, 1.807) is 6.07 Å². The van der Waals surface area contributed by atoms with Gasteiger partial charge >= 0.3 is 0 Å². The van der Waals surface area contributed by atoms with Crippen LogP contribution in [0.25, 0.3) is 11.3 Å². The molecule has 0 unspecified atom stereocenters. The molecule has 116 valence electrons. The first-order valence-corrected chi connectivity index (χ1v) is 8.06. The van der Waals surface area contributed by atoms with Gasteiger partial charge in [0.15, 0.2) is 11.5 Å². The van der Waals surface area contributed by atoms with Crippen LogP contribution in [0, 0.1) is 0 Å². The molecular weight excluding hydrogens is 356 g/mol. The average molecular weight is 371 g/mol. The molecule has 3 rings (SSSR count). The van der Waals surface area contributed by atoms with Crippen LogP contribution < -0.4 is 5.32 Å². The van der Waals surface area contributed by atoms with Gasteiger partial charge in [-0.2, -0.15) is 0 Å². The Labute approximate surface area is 142 Å². The van der Waals surface area contributed by atoms with Crippen molar-refractivity contribution in [1.29, 1.82) is 0 Å². The van der Waals surface area contributed by atoms with Crippen molar-refractivity contribution in [2.75, 3.05) is 6.54 Å². The normalized spacial score (nSPS) is 10.5. The number of carbonyl (C=O) groups is 1. The van der Waals surface area contributed by atoms with E-state index in [0.29, 0.717) is 12.3 Å². The molecule has 0 aliphatic rings. The maximum atomic E-state index is 12.1. The number of nitrogens with one attached hydrogen (secondary N) is 1. The third-order valence-electron chi connectivity index (χ3n) is 3.39. The monoisotopic (exact) mass is 370 g/mol. The van der Waals surface area contributed by atoms with Crippen molar-refractivity contribution in [3.8, 4) is 11.3 Å². The molecular formula is C18H15BrN2O2. The third kappa shape index (κ3) is 4.07. The summed E-state index contributed by atoms with van der Waals surface area (Å²) < 4.78 is 6.27. The zero-order valence-electron chi connectivity index (χ0n) is 12.3.